The molecule has 0 aliphatic carbocycles. The number of nitro benzene ring substituents is 1. The van der Waals surface area contributed by atoms with Crippen LogP contribution in [0.2, 0.25) is 0 Å². The minimum Gasteiger partial charge on any atom is -0.494 e. The van der Waals surface area contributed by atoms with Crippen LogP contribution in [0.1, 0.15) is 30.1 Å². The molecule has 0 aromatic heterocycles. The first-order valence-electron chi connectivity index (χ1n) is 11.5. The van der Waals surface area contributed by atoms with Crippen LogP contribution in [0, 0.1) is 10.1 Å². The van der Waals surface area contributed by atoms with Crippen molar-refractivity contribution in [2.24, 2.45) is 0 Å². The van der Waals surface area contributed by atoms with E-state index in [1.165, 1.54) is 0 Å². The van der Waals surface area contributed by atoms with Crippen molar-refractivity contribution in [3.8, 4) is 5.75 Å². The summed E-state index contributed by atoms with van der Waals surface area (Å²) in [6, 6.07) is 12.4. The molecule has 1 atom stereocenters. The molecule has 2 aliphatic heterocycles. The quantitative estimate of drug-likeness (QED) is 0.481. The predicted molar refractivity (Wildman–Crippen MR) is 126 cm³/mol. The summed E-state index contributed by atoms with van der Waals surface area (Å²) in [5, 5.41) is 14.7. The number of amides is 1. The summed E-state index contributed by atoms with van der Waals surface area (Å²) in [5.41, 5.74) is 2.11. The maximum Gasteiger partial charge on any atom is 0.292 e. The van der Waals surface area contributed by atoms with Gasteiger partial charge in [0.2, 0.25) is 0 Å². The largest absolute Gasteiger partial charge is 0.494 e. The van der Waals surface area contributed by atoms with Crippen LogP contribution in [-0.2, 0) is 4.74 Å². The number of piperazine rings is 1. The molecular formula is C24H30N4O5. The van der Waals surface area contributed by atoms with Gasteiger partial charge in [0.25, 0.3) is 11.6 Å². The van der Waals surface area contributed by atoms with E-state index in [1.807, 2.05) is 30.0 Å². The zero-order chi connectivity index (χ0) is 23.2. The third-order valence-corrected chi connectivity index (χ3v) is 6.07. The normalized spacial score (nSPS) is 18.3. The van der Waals surface area contributed by atoms with Crippen molar-refractivity contribution in [2.75, 3.05) is 56.2 Å². The highest BCUT2D eigenvalue weighted by Crippen LogP contribution is 2.31. The molecule has 2 saturated heterocycles. The minimum atomic E-state index is -0.366. The monoisotopic (exact) mass is 454 g/mol. The molecule has 1 N–H and O–H groups in total. The summed E-state index contributed by atoms with van der Waals surface area (Å²) < 4.78 is 11.1. The van der Waals surface area contributed by atoms with Gasteiger partial charge in [0, 0.05) is 56.6 Å². The molecule has 2 heterocycles. The Labute approximate surface area is 193 Å². The molecule has 0 saturated carbocycles. The average Bonchev–Trinajstić information content (AvgIpc) is 3.37. The van der Waals surface area contributed by atoms with Crippen LogP contribution in [-0.4, -0.2) is 67.8 Å². The van der Waals surface area contributed by atoms with Crippen molar-refractivity contribution >= 4 is 23.0 Å². The van der Waals surface area contributed by atoms with Crippen LogP contribution >= 0.6 is 0 Å². The van der Waals surface area contributed by atoms with Crippen LogP contribution < -0.4 is 15.0 Å². The first kappa shape index (κ1) is 22.8. The smallest absolute Gasteiger partial charge is 0.292 e. The number of nitrogens with one attached hydrogen (secondary N) is 1. The second-order valence-corrected chi connectivity index (χ2v) is 8.21. The molecule has 4 rings (SSSR count). The second-order valence-electron chi connectivity index (χ2n) is 8.21. The Hall–Kier alpha value is -3.33. The van der Waals surface area contributed by atoms with Crippen LogP contribution in [0.15, 0.2) is 42.5 Å². The van der Waals surface area contributed by atoms with Gasteiger partial charge in [-0.05, 0) is 56.2 Å². The molecule has 2 fully saturated rings. The van der Waals surface area contributed by atoms with Gasteiger partial charge in [-0.1, -0.05) is 0 Å². The first-order chi connectivity index (χ1) is 16.0. The molecule has 2 aromatic rings. The van der Waals surface area contributed by atoms with E-state index in [1.54, 1.807) is 24.3 Å². The van der Waals surface area contributed by atoms with Gasteiger partial charge in [0.1, 0.15) is 11.4 Å². The number of hydrogen-bond donors (Lipinski definition) is 1. The number of hydrogen-bond acceptors (Lipinski definition) is 7. The number of carbonyl (C=O) groups is 1. The molecule has 0 radical (unpaired) electrons. The summed E-state index contributed by atoms with van der Waals surface area (Å²) in [4.78, 5) is 28.0. The summed E-state index contributed by atoms with van der Waals surface area (Å²) in [6.07, 6.45) is 2.07. The molecule has 2 aromatic carbocycles. The maximum absolute atomic E-state index is 12.9. The van der Waals surface area contributed by atoms with Crippen LogP contribution in [0.25, 0.3) is 0 Å². The fourth-order valence-corrected chi connectivity index (χ4v) is 4.26. The fourth-order valence-electron chi connectivity index (χ4n) is 4.26. The Balaban J connectivity index is 1.38. The van der Waals surface area contributed by atoms with Crippen LogP contribution in [0.5, 0.6) is 5.75 Å². The standard InChI is InChI=1S/C24H30N4O5/c1-2-32-20-8-5-18(6-9-20)24(29)27-13-11-26(12-14-27)19-7-10-23(28(30)31)22(16-19)25-17-21-4-3-15-33-21/h5-10,16,21,25H,2-4,11-15,17H2,1H3/t21-/m1/s1. The Morgan fingerprint density at radius 3 is 2.58 bits per heavy atom. The van der Waals surface area contributed by atoms with Crippen molar-refractivity contribution < 1.29 is 19.2 Å². The SMILES string of the molecule is CCOc1ccc(C(=O)N2CCN(c3ccc([N+](=O)[O-])c(NC[C@H]4CCCO4)c3)CC2)cc1. The second kappa shape index (κ2) is 10.5. The Morgan fingerprint density at radius 2 is 1.94 bits per heavy atom. The number of nitro groups is 1. The van der Waals surface area contributed by atoms with E-state index in [0.717, 1.165) is 30.9 Å². The highest BCUT2D eigenvalue weighted by atomic mass is 16.6. The van der Waals surface area contributed by atoms with E-state index in [2.05, 4.69) is 10.2 Å². The van der Waals surface area contributed by atoms with E-state index in [9.17, 15) is 14.9 Å². The molecular weight excluding hydrogens is 424 g/mol. The van der Waals surface area contributed by atoms with E-state index in [-0.39, 0.29) is 22.6 Å². The maximum atomic E-state index is 12.9. The molecule has 2 aliphatic rings. The van der Waals surface area contributed by atoms with Gasteiger partial charge in [-0.25, -0.2) is 0 Å². The van der Waals surface area contributed by atoms with Crippen molar-refractivity contribution in [3.63, 3.8) is 0 Å². The van der Waals surface area contributed by atoms with Gasteiger partial charge < -0.3 is 24.6 Å². The fraction of sp³-hybridized carbons (Fsp3) is 0.458. The lowest BCUT2D eigenvalue weighted by Gasteiger charge is -2.36. The Kier molecular flexibility index (Phi) is 7.29. The molecule has 0 unspecified atom stereocenters. The molecule has 1 amide bonds. The summed E-state index contributed by atoms with van der Waals surface area (Å²) in [5.74, 6) is 0.751. The van der Waals surface area contributed by atoms with Crippen molar-refractivity contribution in [1.29, 1.82) is 0 Å². The van der Waals surface area contributed by atoms with E-state index >= 15 is 0 Å². The average molecular weight is 455 g/mol. The van der Waals surface area contributed by atoms with E-state index in [4.69, 9.17) is 9.47 Å². The number of benzene rings is 2. The zero-order valence-electron chi connectivity index (χ0n) is 18.9. The van der Waals surface area contributed by atoms with Crippen molar-refractivity contribution in [3.05, 3.63) is 58.1 Å². The van der Waals surface area contributed by atoms with Gasteiger partial charge in [-0.15, -0.1) is 0 Å². The summed E-state index contributed by atoms with van der Waals surface area (Å²) >= 11 is 0. The number of anilines is 2. The van der Waals surface area contributed by atoms with Gasteiger partial charge >= 0.3 is 0 Å². The molecule has 9 nitrogen and oxygen atoms in total. The Morgan fingerprint density at radius 1 is 1.18 bits per heavy atom. The third-order valence-electron chi connectivity index (χ3n) is 6.07. The van der Waals surface area contributed by atoms with Crippen LogP contribution in [0.4, 0.5) is 17.1 Å². The van der Waals surface area contributed by atoms with Gasteiger partial charge in [-0.3, -0.25) is 14.9 Å². The van der Waals surface area contributed by atoms with Crippen molar-refractivity contribution in [2.45, 2.75) is 25.9 Å². The lowest BCUT2D eigenvalue weighted by molar-refractivity contribution is -0.383. The highest BCUT2D eigenvalue weighted by Gasteiger charge is 2.24. The first-order valence-corrected chi connectivity index (χ1v) is 11.5. The number of nitrogens with zero attached hydrogens (tertiary/aromatic N) is 3. The lowest BCUT2D eigenvalue weighted by Crippen LogP contribution is -2.48. The van der Waals surface area contributed by atoms with Gasteiger partial charge in [0.15, 0.2) is 0 Å². The van der Waals surface area contributed by atoms with Crippen molar-refractivity contribution in [1.82, 2.24) is 4.90 Å². The molecule has 0 bridgehead atoms. The molecule has 0 spiro atoms. The van der Waals surface area contributed by atoms with Crippen LogP contribution in [0.3, 0.4) is 0 Å². The zero-order valence-corrected chi connectivity index (χ0v) is 18.9. The highest BCUT2D eigenvalue weighted by molar-refractivity contribution is 5.94. The lowest BCUT2D eigenvalue weighted by atomic mass is 10.1. The number of ether oxygens (including phenoxy) is 2. The Bertz CT molecular complexity index is 967. The summed E-state index contributed by atoms with van der Waals surface area (Å²) in [7, 11) is 0. The number of carbonyl (C=O) groups excluding carboxylic acids is 1. The number of rotatable bonds is 8. The molecule has 9 heteroatoms. The summed E-state index contributed by atoms with van der Waals surface area (Å²) in [6.45, 7) is 6.29. The molecule has 176 valence electrons. The predicted octanol–water partition coefficient (Wildman–Crippen LogP) is 3.55. The third kappa shape index (κ3) is 5.54. The topological polar surface area (TPSA) is 97.2 Å². The minimum absolute atomic E-state index is 0.000294. The van der Waals surface area contributed by atoms with Gasteiger partial charge in [-0.2, -0.15) is 0 Å². The molecule has 33 heavy (non-hydrogen) atoms. The van der Waals surface area contributed by atoms with E-state index in [0.29, 0.717) is 50.6 Å². The van der Waals surface area contributed by atoms with Gasteiger partial charge in [0.05, 0.1) is 17.6 Å². The van der Waals surface area contributed by atoms with E-state index < -0.39 is 0 Å².